The number of carbonyl (C=O) groups is 1. The molecule has 0 rings (SSSR count). The molecule has 0 saturated carbocycles. The maximum atomic E-state index is 12.3. The number of ether oxygens (including phenoxy) is 1. The van der Waals surface area contributed by atoms with Crippen LogP contribution in [-0.2, 0) is 18.3 Å². The lowest BCUT2D eigenvalue weighted by atomic mass is 10.0. The maximum absolute atomic E-state index is 12.3. The number of quaternary nitrogens is 1. The summed E-state index contributed by atoms with van der Waals surface area (Å²) in [5.74, 6) is 0. The highest BCUT2D eigenvalue weighted by atomic mass is 31.2. The van der Waals surface area contributed by atoms with Crippen molar-refractivity contribution < 1.29 is 32.5 Å². The van der Waals surface area contributed by atoms with Crippen LogP contribution in [0.2, 0.25) is 0 Å². The third-order valence-electron chi connectivity index (χ3n) is 7.09. The number of phosphoric ester groups is 1. The van der Waals surface area contributed by atoms with Crippen molar-refractivity contribution in [2.24, 2.45) is 5.73 Å². The van der Waals surface area contributed by atoms with Crippen LogP contribution in [0, 0.1) is 0 Å². The van der Waals surface area contributed by atoms with Crippen LogP contribution < -0.4 is 10.6 Å². The van der Waals surface area contributed by atoms with Crippen molar-refractivity contribution in [2.75, 3.05) is 61.1 Å². The van der Waals surface area contributed by atoms with Crippen LogP contribution in [0.25, 0.3) is 0 Å². The van der Waals surface area contributed by atoms with E-state index in [1.807, 2.05) is 21.1 Å². The number of hydrogen-bond donors (Lipinski definition) is 1. The van der Waals surface area contributed by atoms with Crippen LogP contribution in [0.1, 0.15) is 122 Å². The Morgan fingerprint density at radius 1 is 0.800 bits per heavy atom. The number of amides is 2. The average molecular weight is 594 g/mol. The quantitative estimate of drug-likeness (QED) is 0.0591. The van der Waals surface area contributed by atoms with E-state index < -0.39 is 20.0 Å². The molecule has 0 aromatic rings. The molecule has 0 aliphatic heterocycles. The first kappa shape index (κ1) is 39.3. The summed E-state index contributed by atoms with van der Waals surface area (Å²) in [7, 11) is 2.78. The lowest BCUT2D eigenvalue weighted by molar-refractivity contribution is -0.870. The molecule has 2 amide bonds. The van der Waals surface area contributed by atoms with Gasteiger partial charge in [0.15, 0.2) is 0 Å². The number of nitrogens with zero attached hydrogens (tertiary/aromatic N) is 2. The summed E-state index contributed by atoms with van der Waals surface area (Å²) in [6, 6.07) is -0.663. The molecular weight excluding hydrogens is 529 g/mol. The zero-order valence-corrected chi connectivity index (χ0v) is 27.6. The molecule has 9 nitrogen and oxygen atoms in total. The van der Waals surface area contributed by atoms with E-state index in [2.05, 4.69) is 6.92 Å². The number of carbonyl (C=O) groups excluding carboxylic acids is 1. The standard InChI is InChI=1S/C30H64N3O6P/c1-6-7-8-9-10-11-12-13-14-15-16-17-18-19-20-21-22-23-25-37-28-29(27-32(2)30(31)34)39-40(35,36)38-26-24-33(3,4)5/h29H,6-28H2,1-5H3,(H2-,31,34,35,36). The van der Waals surface area contributed by atoms with Gasteiger partial charge < -0.3 is 33.8 Å². The zero-order chi connectivity index (χ0) is 30.1. The SMILES string of the molecule is CCCCCCCCCCCCCCCCCCCCOCC(CN(C)C(N)=O)OP(=O)([O-])OCC[N+](C)(C)C. The molecule has 10 heteroatoms. The average Bonchev–Trinajstić information content (AvgIpc) is 2.86. The second-order valence-corrected chi connectivity index (χ2v) is 13.7. The minimum atomic E-state index is -4.54. The molecule has 0 spiro atoms. The van der Waals surface area contributed by atoms with Gasteiger partial charge in [0.1, 0.15) is 19.3 Å². The Morgan fingerprint density at radius 3 is 1.62 bits per heavy atom. The first-order valence-electron chi connectivity index (χ1n) is 16.0. The molecule has 0 aromatic carbocycles. The van der Waals surface area contributed by atoms with E-state index in [1.165, 1.54) is 115 Å². The Labute approximate surface area is 246 Å². The minimum Gasteiger partial charge on any atom is -0.756 e. The number of nitrogens with two attached hydrogens (primary N) is 1. The minimum absolute atomic E-state index is 0.000613. The highest BCUT2D eigenvalue weighted by Gasteiger charge is 2.22. The van der Waals surface area contributed by atoms with Gasteiger partial charge in [0.25, 0.3) is 7.82 Å². The first-order valence-corrected chi connectivity index (χ1v) is 17.5. The van der Waals surface area contributed by atoms with Gasteiger partial charge in [-0.1, -0.05) is 116 Å². The Balaban J connectivity index is 3.84. The van der Waals surface area contributed by atoms with Crippen molar-refractivity contribution >= 4 is 13.9 Å². The van der Waals surface area contributed by atoms with E-state index in [4.69, 9.17) is 19.5 Å². The molecule has 2 atom stereocenters. The van der Waals surface area contributed by atoms with E-state index in [0.717, 1.165) is 12.8 Å². The molecule has 0 saturated heterocycles. The molecule has 0 heterocycles. The van der Waals surface area contributed by atoms with Crippen molar-refractivity contribution in [1.82, 2.24) is 4.90 Å². The van der Waals surface area contributed by atoms with E-state index >= 15 is 0 Å². The molecule has 40 heavy (non-hydrogen) atoms. The van der Waals surface area contributed by atoms with Crippen LogP contribution in [0.3, 0.4) is 0 Å². The van der Waals surface area contributed by atoms with Gasteiger partial charge in [-0.3, -0.25) is 4.57 Å². The monoisotopic (exact) mass is 593 g/mol. The molecular formula is C30H64N3O6P. The largest absolute Gasteiger partial charge is 0.756 e. The second kappa shape index (κ2) is 24.9. The number of likely N-dealkylation sites (N-methyl/N-ethyl adjacent to an activating group) is 2. The van der Waals surface area contributed by atoms with Crippen LogP contribution in [0.15, 0.2) is 0 Å². The summed E-state index contributed by atoms with van der Waals surface area (Å²) in [5, 5.41) is 0. The molecule has 0 fully saturated rings. The van der Waals surface area contributed by atoms with Crippen molar-refractivity contribution in [3.05, 3.63) is 0 Å². The highest BCUT2D eigenvalue weighted by molar-refractivity contribution is 7.45. The van der Waals surface area contributed by atoms with Gasteiger partial charge >= 0.3 is 6.03 Å². The summed E-state index contributed by atoms with van der Waals surface area (Å²) in [6.45, 7) is 3.36. The Bertz CT molecular complexity index is 647. The van der Waals surface area contributed by atoms with Crippen LogP contribution in [-0.4, -0.2) is 82.6 Å². The van der Waals surface area contributed by atoms with Crippen LogP contribution >= 0.6 is 7.82 Å². The first-order chi connectivity index (χ1) is 19.0. The summed E-state index contributed by atoms with van der Waals surface area (Å²) in [4.78, 5) is 24.9. The van der Waals surface area contributed by atoms with Crippen LogP contribution in [0.5, 0.6) is 0 Å². The Kier molecular flexibility index (Phi) is 24.4. The lowest BCUT2D eigenvalue weighted by Gasteiger charge is -2.31. The normalized spacial score (nSPS) is 14.2. The van der Waals surface area contributed by atoms with Gasteiger partial charge in [-0.25, -0.2) is 4.79 Å². The highest BCUT2D eigenvalue weighted by Crippen LogP contribution is 2.40. The molecule has 2 unspecified atom stereocenters. The van der Waals surface area contributed by atoms with E-state index in [0.29, 0.717) is 17.6 Å². The van der Waals surface area contributed by atoms with Gasteiger partial charge in [-0.05, 0) is 6.42 Å². The number of primary amides is 1. The summed E-state index contributed by atoms with van der Waals surface area (Å²) in [5.41, 5.74) is 5.29. The number of phosphoric acid groups is 1. The third-order valence-corrected chi connectivity index (χ3v) is 8.14. The molecule has 0 bridgehead atoms. The van der Waals surface area contributed by atoms with Crippen LogP contribution in [0.4, 0.5) is 4.79 Å². The van der Waals surface area contributed by atoms with Crippen molar-refractivity contribution in [2.45, 2.75) is 129 Å². The number of urea groups is 1. The van der Waals surface area contributed by atoms with Gasteiger partial charge in [-0.2, -0.15) is 0 Å². The number of rotatable bonds is 29. The molecule has 0 radical (unpaired) electrons. The van der Waals surface area contributed by atoms with Crippen molar-refractivity contribution in [3.8, 4) is 0 Å². The smallest absolute Gasteiger partial charge is 0.314 e. The van der Waals surface area contributed by atoms with Gasteiger partial charge in [0.2, 0.25) is 0 Å². The van der Waals surface area contributed by atoms with Gasteiger partial charge in [-0.15, -0.1) is 0 Å². The van der Waals surface area contributed by atoms with Gasteiger partial charge in [0, 0.05) is 13.7 Å². The van der Waals surface area contributed by atoms with E-state index in [1.54, 1.807) is 0 Å². The van der Waals surface area contributed by atoms with Gasteiger partial charge in [0.05, 0.1) is 34.3 Å². The summed E-state index contributed by atoms with van der Waals surface area (Å²) in [6.07, 6.45) is 22.9. The van der Waals surface area contributed by atoms with E-state index in [-0.39, 0.29) is 19.8 Å². The number of hydrogen-bond acceptors (Lipinski definition) is 6. The fourth-order valence-corrected chi connectivity index (χ4v) is 5.33. The zero-order valence-electron chi connectivity index (χ0n) is 26.7. The lowest BCUT2D eigenvalue weighted by Crippen LogP contribution is -2.41. The molecule has 0 aliphatic rings. The third kappa shape index (κ3) is 27.5. The predicted octanol–water partition coefficient (Wildman–Crippen LogP) is 6.63. The Morgan fingerprint density at radius 2 is 1.23 bits per heavy atom. The fraction of sp³-hybridized carbons (Fsp3) is 0.967. The molecule has 2 N–H and O–H groups in total. The Hall–Kier alpha value is -0.700. The van der Waals surface area contributed by atoms with Crippen molar-refractivity contribution in [1.29, 1.82) is 0 Å². The number of unbranched alkanes of at least 4 members (excludes halogenated alkanes) is 17. The molecule has 0 aliphatic carbocycles. The van der Waals surface area contributed by atoms with Crippen molar-refractivity contribution in [3.63, 3.8) is 0 Å². The maximum Gasteiger partial charge on any atom is 0.314 e. The molecule has 0 aromatic heterocycles. The molecule has 240 valence electrons. The second-order valence-electron chi connectivity index (χ2n) is 12.3. The fourth-order valence-electron chi connectivity index (χ4n) is 4.47. The van der Waals surface area contributed by atoms with E-state index in [9.17, 15) is 14.3 Å². The summed E-state index contributed by atoms with van der Waals surface area (Å²) < 4.78 is 28.7. The summed E-state index contributed by atoms with van der Waals surface area (Å²) >= 11 is 0. The predicted molar refractivity (Wildman–Crippen MR) is 163 cm³/mol. The topological polar surface area (TPSA) is 114 Å².